The fourth-order valence-corrected chi connectivity index (χ4v) is 3.73. The van der Waals surface area contributed by atoms with Crippen molar-refractivity contribution in [3.8, 4) is 11.5 Å². The number of halogens is 3. The van der Waals surface area contributed by atoms with Gasteiger partial charge >= 0.3 is 0 Å². The lowest BCUT2D eigenvalue weighted by Crippen LogP contribution is -2.29. The van der Waals surface area contributed by atoms with Crippen molar-refractivity contribution in [1.29, 1.82) is 0 Å². The van der Waals surface area contributed by atoms with Gasteiger partial charge in [-0.05, 0) is 57.6 Å². The molecule has 2 rings (SSSR count). The van der Waals surface area contributed by atoms with E-state index in [1.54, 1.807) is 7.11 Å². The number of methoxy groups -OCH3 is 1. The molecular formula is C26H41Cl3N2O2. The molecule has 0 unspecified atom stereocenters. The number of benzene rings is 2. The predicted octanol–water partition coefficient (Wildman–Crippen LogP) is 7.15. The second kappa shape index (κ2) is 19.2. The Kier molecular flexibility index (Phi) is 18.5. The Balaban J connectivity index is 0.00000512. The molecule has 4 nitrogen and oxygen atoms in total. The second-order valence-corrected chi connectivity index (χ2v) is 8.31. The van der Waals surface area contributed by atoms with Crippen LogP contribution < -0.4 is 14.8 Å². The van der Waals surface area contributed by atoms with Crippen molar-refractivity contribution >= 4 is 36.4 Å². The first-order valence-electron chi connectivity index (χ1n) is 11.6. The Bertz CT molecular complexity index is 754. The van der Waals surface area contributed by atoms with Crippen LogP contribution in [0.1, 0.15) is 57.1 Å². The molecule has 0 saturated heterocycles. The summed E-state index contributed by atoms with van der Waals surface area (Å²) in [6.07, 6.45) is 6.23. The molecule has 0 aliphatic carbocycles. The first-order chi connectivity index (χ1) is 15.2. The first kappa shape index (κ1) is 31.8. The number of hydrogen-bond acceptors (Lipinski definition) is 4. The Labute approximate surface area is 218 Å². The van der Waals surface area contributed by atoms with Crippen LogP contribution in [0, 0.1) is 0 Å². The van der Waals surface area contributed by atoms with Gasteiger partial charge in [0.1, 0.15) is 6.61 Å². The van der Waals surface area contributed by atoms with Gasteiger partial charge in [0, 0.05) is 22.7 Å². The lowest BCUT2D eigenvalue weighted by Gasteiger charge is -2.22. The monoisotopic (exact) mass is 518 g/mol. The molecule has 0 aromatic heterocycles. The van der Waals surface area contributed by atoms with Gasteiger partial charge in [-0.15, -0.1) is 24.8 Å². The molecule has 0 radical (unpaired) electrons. The van der Waals surface area contributed by atoms with E-state index in [2.05, 4.69) is 30.1 Å². The molecule has 0 heterocycles. The van der Waals surface area contributed by atoms with Crippen molar-refractivity contribution in [2.24, 2.45) is 0 Å². The van der Waals surface area contributed by atoms with E-state index in [4.69, 9.17) is 21.1 Å². The number of nitrogens with one attached hydrogen (secondary N) is 1. The van der Waals surface area contributed by atoms with Gasteiger partial charge in [-0.1, -0.05) is 68.6 Å². The third kappa shape index (κ3) is 11.7. The molecule has 0 aliphatic rings. The van der Waals surface area contributed by atoms with Gasteiger partial charge in [-0.25, -0.2) is 0 Å². The van der Waals surface area contributed by atoms with E-state index >= 15 is 0 Å². The number of para-hydroxylation sites is 1. The van der Waals surface area contributed by atoms with E-state index in [1.165, 1.54) is 38.8 Å². The maximum atomic E-state index is 6.28. The van der Waals surface area contributed by atoms with Gasteiger partial charge in [-0.3, -0.25) is 0 Å². The van der Waals surface area contributed by atoms with Crippen molar-refractivity contribution < 1.29 is 9.47 Å². The summed E-state index contributed by atoms with van der Waals surface area (Å²) in [7, 11) is 1.68. The van der Waals surface area contributed by atoms with Crippen molar-refractivity contribution in [2.75, 3.05) is 33.3 Å². The fraction of sp³-hybridized carbons (Fsp3) is 0.538. The highest BCUT2D eigenvalue weighted by Crippen LogP contribution is 2.32. The molecule has 2 aromatic rings. The lowest BCUT2D eigenvalue weighted by molar-refractivity contribution is 0.260. The van der Waals surface area contributed by atoms with E-state index in [-0.39, 0.29) is 24.8 Å². The van der Waals surface area contributed by atoms with Crippen LogP contribution in [0.4, 0.5) is 0 Å². The van der Waals surface area contributed by atoms with E-state index in [0.717, 1.165) is 48.7 Å². The molecule has 0 atom stereocenters. The van der Waals surface area contributed by atoms with Crippen LogP contribution in [-0.2, 0) is 13.2 Å². The Hall–Kier alpha value is -1.17. The molecule has 0 bridgehead atoms. The minimum absolute atomic E-state index is 0. The number of hydrogen-bond donors (Lipinski definition) is 1. The molecule has 0 amide bonds. The molecule has 188 valence electrons. The van der Waals surface area contributed by atoms with Crippen molar-refractivity contribution in [2.45, 2.75) is 59.1 Å². The molecule has 0 spiro atoms. The van der Waals surface area contributed by atoms with E-state index in [9.17, 15) is 0 Å². The van der Waals surface area contributed by atoms with Crippen molar-refractivity contribution in [3.63, 3.8) is 0 Å². The summed E-state index contributed by atoms with van der Waals surface area (Å²) in [5.74, 6) is 1.53. The Morgan fingerprint density at radius 2 is 1.48 bits per heavy atom. The standard InChI is InChI=1S/C26H39ClN2O2.2ClH/c1-4-6-17-29(18-7-5-2)19-11-16-28-20-22-13-10-15-25(30-3)26(22)31-21-23-12-8-9-14-24(23)27;;/h8-10,12-15,28H,4-7,11,16-21H2,1-3H3;2*1H. The number of nitrogens with zero attached hydrogens (tertiary/aromatic N) is 1. The van der Waals surface area contributed by atoms with Crippen molar-refractivity contribution in [1.82, 2.24) is 10.2 Å². The Morgan fingerprint density at radius 3 is 2.12 bits per heavy atom. The second-order valence-electron chi connectivity index (χ2n) is 7.91. The minimum atomic E-state index is 0. The van der Waals surface area contributed by atoms with Gasteiger partial charge in [-0.2, -0.15) is 0 Å². The zero-order chi connectivity index (χ0) is 22.3. The fourth-order valence-electron chi connectivity index (χ4n) is 3.54. The summed E-state index contributed by atoms with van der Waals surface area (Å²) in [6, 6.07) is 13.8. The lowest BCUT2D eigenvalue weighted by atomic mass is 10.1. The highest BCUT2D eigenvalue weighted by Gasteiger charge is 2.12. The van der Waals surface area contributed by atoms with Gasteiger partial charge in [0.05, 0.1) is 7.11 Å². The molecule has 1 N–H and O–H groups in total. The predicted molar refractivity (Wildman–Crippen MR) is 146 cm³/mol. The summed E-state index contributed by atoms with van der Waals surface area (Å²) < 4.78 is 11.7. The van der Waals surface area contributed by atoms with Gasteiger partial charge in [0.2, 0.25) is 0 Å². The first-order valence-corrected chi connectivity index (χ1v) is 12.0. The number of ether oxygens (including phenoxy) is 2. The van der Waals surface area contributed by atoms with Gasteiger partial charge in [0.15, 0.2) is 11.5 Å². The number of rotatable bonds is 16. The summed E-state index contributed by atoms with van der Waals surface area (Å²) in [5, 5.41) is 4.30. The van der Waals surface area contributed by atoms with E-state index < -0.39 is 0 Å². The van der Waals surface area contributed by atoms with Crippen LogP contribution in [0.25, 0.3) is 0 Å². The topological polar surface area (TPSA) is 33.7 Å². The molecule has 2 aromatic carbocycles. The third-order valence-corrected chi connectivity index (χ3v) is 5.78. The molecule has 0 fully saturated rings. The third-order valence-electron chi connectivity index (χ3n) is 5.41. The summed E-state index contributed by atoms with van der Waals surface area (Å²) in [4.78, 5) is 2.61. The maximum Gasteiger partial charge on any atom is 0.166 e. The molecule has 0 saturated carbocycles. The average molecular weight is 520 g/mol. The molecular weight excluding hydrogens is 479 g/mol. The zero-order valence-electron chi connectivity index (χ0n) is 20.3. The SMILES string of the molecule is CCCCN(CCCC)CCCNCc1cccc(OC)c1OCc1ccccc1Cl.Cl.Cl. The highest BCUT2D eigenvalue weighted by atomic mass is 35.5. The van der Waals surface area contributed by atoms with Crippen LogP contribution in [0.2, 0.25) is 5.02 Å². The highest BCUT2D eigenvalue weighted by molar-refractivity contribution is 6.31. The molecule has 0 aliphatic heterocycles. The average Bonchev–Trinajstić information content (AvgIpc) is 2.79. The number of unbranched alkanes of at least 4 members (excludes halogenated alkanes) is 2. The van der Waals surface area contributed by atoms with Crippen LogP contribution in [0.3, 0.4) is 0 Å². The minimum Gasteiger partial charge on any atom is -0.493 e. The summed E-state index contributed by atoms with van der Waals surface area (Å²) in [5.41, 5.74) is 2.06. The normalized spacial score (nSPS) is 10.5. The molecule has 33 heavy (non-hydrogen) atoms. The smallest absolute Gasteiger partial charge is 0.166 e. The van der Waals surface area contributed by atoms with Crippen molar-refractivity contribution in [3.05, 3.63) is 58.6 Å². The van der Waals surface area contributed by atoms with Crippen LogP contribution in [-0.4, -0.2) is 38.2 Å². The maximum absolute atomic E-state index is 6.28. The summed E-state index contributed by atoms with van der Waals surface area (Å²) >= 11 is 6.28. The van der Waals surface area contributed by atoms with Crippen LogP contribution in [0.5, 0.6) is 11.5 Å². The van der Waals surface area contributed by atoms with Crippen LogP contribution in [0.15, 0.2) is 42.5 Å². The Morgan fingerprint density at radius 1 is 0.848 bits per heavy atom. The van der Waals surface area contributed by atoms with Crippen LogP contribution >= 0.6 is 36.4 Å². The summed E-state index contributed by atoms with van der Waals surface area (Å²) in [6.45, 7) is 10.3. The largest absolute Gasteiger partial charge is 0.493 e. The quantitative estimate of drug-likeness (QED) is 0.239. The van der Waals surface area contributed by atoms with Gasteiger partial charge in [0.25, 0.3) is 0 Å². The van der Waals surface area contributed by atoms with E-state index in [1.807, 2.05) is 36.4 Å². The zero-order valence-corrected chi connectivity index (χ0v) is 22.7. The molecule has 7 heteroatoms. The van der Waals surface area contributed by atoms with E-state index in [0.29, 0.717) is 11.6 Å². The van der Waals surface area contributed by atoms with Gasteiger partial charge < -0.3 is 19.7 Å².